The van der Waals surface area contributed by atoms with Crippen molar-refractivity contribution in [2.75, 3.05) is 13.2 Å². The number of hydrogen-bond donors (Lipinski definition) is 6. The van der Waals surface area contributed by atoms with Gasteiger partial charge in [0.15, 0.2) is 6.29 Å². The van der Waals surface area contributed by atoms with Crippen LogP contribution in [0.3, 0.4) is 0 Å². The zero-order valence-electron chi connectivity index (χ0n) is 54.7. The van der Waals surface area contributed by atoms with E-state index in [0.717, 1.165) is 44.9 Å². The zero-order chi connectivity index (χ0) is 60.0. The van der Waals surface area contributed by atoms with E-state index in [0.29, 0.717) is 6.42 Å². The van der Waals surface area contributed by atoms with Crippen molar-refractivity contribution in [1.29, 1.82) is 0 Å². The van der Waals surface area contributed by atoms with Gasteiger partial charge in [-0.1, -0.05) is 332 Å². The molecule has 1 aliphatic heterocycles. The Morgan fingerprint density at radius 3 is 1.01 bits per heavy atom. The van der Waals surface area contributed by atoms with Gasteiger partial charge in [-0.3, -0.25) is 4.79 Å². The molecule has 1 fully saturated rings. The molecule has 7 atom stereocenters. The first-order valence-corrected chi connectivity index (χ1v) is 36.4. The number of carbonyl (C=O) groups excluding carboxylic acids is 1. The van der Waals surface area contributed by atoms with Gasteiger partial charge in [0.25, 0.3) is 0 Å². The minimum atomic E-state index is -1.58. The van der Waals surface area contributed by atoms with Crippen molar-refractivity contribution in [2.24, 2.45) is 0 Å². The summed E-state index contributed by atoms with van der Waals surface area (Å²) in [4.78, 5) is 13.1. The summed E-state index contributed by atoms with van der Waals surface area (Å²) >= 11 is 0. The van der Waals surface area contributed by atoms with E-state index in [-0.39, 0.29) is 12.5 Å². The van der Waals surface area contributed by atoms with Crippen LogP contribution in [0.25, 0.3) is 0 Å². The Balaban J connectivity index is 2.08. The predicted molar refractivity (Wildman–Crippen MR) is 355 cm³/mol. The number of aliphatic hydroxyl groups is 5. The fourth-order valence-electron chi connectivity index (χ4n) is 11.7. The largest absolute Gasteiger partial charge is 0.394 e. The van der Waals surface area contributed by atoms with Crippen molar-refractivity contribution >= 4 is 5.91 Å². The Kier molecular flexibility index (Phi) is 60.3. The van der Waals surface area contributed by atoms with E-state index in [1.54, 1.807) is 6.08 Å². The van der Waals surface area contributed by atoms with Gasteiger partial charge in [0.05, 0.1) is 25.4 Å². The fraction of sp³-hybridized carbons (Fsp3) is 0.878. The van der Waals surface area contributed by atoms with E-state index in [1.807, 2.05) is 6.08 Å². The lowest BCUT2D eigenvalue weighted by Crippen LogP contribution is -2.60. The van der Waals surface area contributed by atoms with Crippen molar-refractivity contribution in [3.63, 3.8) is 0 Å². The average Bonchev–Trinajstić information content (AvgIpc) is 3.49. The van der Waals surface area contributed by atoms with Crippen LogP contribution in [0.4, 0.5) is 0 Å². The number of rotatable bonds is 64. The number of aliphatic hydroxyl groups excluding tert-OH is 5. The van der Waals surface area contributed by atoms with Crippen molar-refractivity contribution in [3.8, 4) is 0 Å². The third kappa shape index (κ3) is 51.9. The van der Waals surface area contributed by atoms with Gasteiger partial charge in [-0.25, -0.2) is 0 Å². The maximum absolute atomic E-state index is 13.1. The van der Waals surface area contributed by atoms with Crippen LogP contribution < -0.4 is 5.32 Å². The van der Waals surface area contributed by atoms with E-state index in [1.165, 1.54) is 295 Å². The molecule has 9 nitrogen and oxygen atoms in total. The summed E-state index contributed by atoms with van der Waals surface area (Å²) in [5.41, 5.74) is 0. The monoisotopic (exact) mass is 1170 g/mol. The van der Waals surface area contributed by atoms with Crippen molar-refractivity contribution in [2.45, 2.75) is 403 Å². The van der Waals surface area contributed by atoms with E-state index in [4.69, 9.17) is 9.47 Å². The van der Waals surface area contributed by atoms with Crippen LogP contribution >= 0.6 is 0 Å². The normalized spacial score (nSPS) is 18.5. The molecule has 83 heavy (non-hydrogen) atoms. The molecule has 488 valence electrons. The quantitative estimate of drug-likeness (QED) is 0.0261. The lowest BCUT2D eigenvalue weighted by Gasteiger charge is -2.40. The molecule has 0 aromatic rings. The zero-order valence-corrected chi connectivity index (χ0v) is 54.7. The van der Waals surface area contributed by atoms with Crippen LogP contribution in [0.15, 0.2) is 48.6 Å². The molecule has 7 unspecified atom stereocenters. The second-order valence-electron chi connectivity index (χ2n) is 25.4. The SMILES string of the molecule is CCCCCCCCCCCCC/C=C/CC/C=C/CC/C=C/C(O)C(COC1OC(CO)C(O)C(O)C1O)NC(=O)CCCCCCCCCCCCCCCCCCC/C=C\CCCCCCCCCCCCCCCCCCCC. The number of ether oxygens (including phenoxy) is 2. The number of unbranched alkanes of at least 4 members (excludes halogenated alkanes) is 48. The third-order valence-electron chi connectivity index (χ3n) is 17.4. The first-order valence-electron chi connectivity index (χ1n) is 36.4. The molecule has 1 aliphatic rings. The van der Waals surface area contributed by atoms with Gasteiger partial charge in [0, 0.05) is 6.42 Å². The van der Waals surface area contributed by atoms with Crippen molar-refractivity contribution in [3.05, 3.63) is 48.6 Å². The second-order valence-corrected chi connectivity index (χ2v) is 25.4. The molecule has 0 saturated carbocycles. The van der Waals surface area contributed by atoms with Crippen molar-refractivity contribution in [1.82, 2.24) is 5.32 Å². The topological polar surface area (TPSA) is 149 Å². The molecule has 9 heteroatoms. The van der Waals surface area contributed by atoms with Crippen LogP contribution in [-0.2, 0) is 14.3 Å². The van der Waals surface area contributed by atoms with Crippen LogP contribution in [0, 0.1) is 0 Å². The Morgan fingerprint density at radius 1 is 0.398 bits per heavy atom. The summed E-state index contributed by atoms with van der Waals surface area (Å²) in [6, 6.07) is -0.829. The van der Waals surface area contributed by atoms with Crippen LogP contribution in [0.5, 0.6) is 0 Å². The first kappa shape index (κ1) is 79.2. The Bertz CT molecular complexity index is 1450. The standard InChI is InChI=1S/C74H139NO8/c1-3-5-7-9-11-13-15-17-19-21-23-25-26-27-28-29-30-31-32-33-34-35-36-37-38-39-40-41-42-44-46-48-50-52-54-56-58-60-62-64-70(78)75-67(66-82-74-73(81)72(80)71(79)69(65-76)83-74)68(77)63-61-59-57-55-53-51-49-47-45-43-24-22-20-18-16-14-12-10-8-6-4-2/h33-34,45,47,53,55,61,63,67-69,71-74,76-77,79-81H,3-32,35-44,46,48-52,54,56-60,62,64-66H2,1-2H3,(H,75,78)/b34-33-,47-45+,55-53+,63-61+. The summed E-state index contributed by atoms with van der Waals surface area (Å²) in [6.45, 7) is 3.80. The van der Waals surface area contributed by atoms with E-state index in [2.05, 4.69) is 55.6 Å². The molecule has 0 spiro atoms. The minimum Gasteiger partial charge on any atom is -0.394 e. The molecule has 0 bridgehead atoms. The molecular formula is C74H139NO8. The van der Waals surface area contributed by atoms with Crippen LogP contribution in [-0.4, -0.2) is 87.5 Å². The Labute approximate surface area is 514 Å². The lowest BCUT2D eigenvalue weighted by atomic mass is 9.99. The van der Waals surface area contributed by atoms with Gasteiger partial charge >= 0.3 is 0 Å². The lowest BCUT2D eigenvalue weighted by molar-refractivity contribution is -0.302. The molecule has 1 rings (SSSR count). The third-order valence-corrected chi connectivity index (χ3v) is 17.4. The molecule has 0 aliphatic carbocycles. The van der Waals surface area contributed by atoms with Crippen molar-refractivity contribution < 1.29 is 39.8 Å². The van der Waals surface area contributed by atoms with Gasteiger partial charge in [-0.15, -0.1) is 0 Å². The van der Waals surface area contributed by atoms with E-state index in [9.17, 15) is 30.3 Å². The highest BCUT2D eigenvalue weighted by Crippen LogP contribution is 2.23. The Hall–Kier alpha value is -1.85. The van der Waals surface area contributed by atoms with Gasteiger partial charge in [-0.2, -0.15) is 0 Å². The maximum Gasteiger partial charge on any atom is 0.220 e. The van der Waals surface area contributed by atoms with Crippen LogP contribution in [0.2, 0.25) is 0 Å². The average molecular weight is 1170 g/mol. The molecule has 1 saturated heterocycles. The highest BCUT2D eigenvalue weighted by molar-refractivity contribution is 5.76. The molecule has 0 aromatic carbocycles. The number of carbonyl (C=O) groups is 1. The number of nitrogens with one attached hydrogen (secondary N) is 1. The van der Waals surface area contributed by atoms with Gasteiger partial charge < -0.3 is 40.3 Å². The van der Waals surface area contributed by atoms with Crippen LogP contribution in [0.1, 0.15) is 361 Å². The highest BCUT2D eigenvalue weighted by atomic mass is 16.7. The van der Waals surface area contributed by atoms with E-state index < -0.39 is 49.5 Å². The predicted octanol–water partition coefficient (Wildman–Crippen LogP) is 20.0. The first-order chi connectivity index (χ1) is 40.8. The van der Waals surface area contributed by atoms with Gasteiger partial charge in [0.1, 0.15) is 24.4 Å². The smallest absolute Gasteiger partial charge is 0.220 e. The van der Waals surface area contributed by atoms with E-state index >= 15 is 0 Å². The Morgan fingerprint density at radius 2 is 0.687 bits per heavy atom. The summed E-state index contributed by atoms with van der Waals surface area (Å²) in [6.07, 6.45) is 79.6. The maximum atomic E-state index is 13.1. The molecule has 1 heterocycles. The summed E-state index contributed by atoms with van der Waals surface area (Å²) < 4.78 is 11.3. The molecule has 1 amide bonds. The second kappa shape index (κ2) is 63.2. The number of amides is 1. The molecule has 0 radical (unpaired) electrons. The number of allylic oxidation sites excluding steroid dienone is 7. The highest BCUT2D eigenvalue weighted by Gasteiger charge is 2.44. The number of hydrogen-bond acceptors (Lipinski definition) is 8. The molecular weight excluding hydrogens is 1030 g/mol. The minimum absolute atomic E-state index is 0.185. The fourth-order valence-corrected chi connectivity index (χ4v) is 11.7. The molecule has 6 N–H and O–H groups in total. The summed E-state index contributed by atoms with van der Waals surface area (Å²) in [7, 11) is 0. The van der Waals surface area contributed by atoms with Gasteiger partial charge in [-0.05, 0) is 70.6 Å². The summed E-state index contributed by atoms with van der Waals surface area (Å²) in [5, 5.41) is 54.7. The summed E-state index contributed by atoms with van der Waals surface area (Å²) in [5.74, 6) is -0.185. The molecule has 0 aromatic heterocycles. The van der Waals surface area contributed by atoms with Gasteiger partial charge in [0.2, 0.25) is 5.91 Å².